The van der Waals surface area contributed by atoms with E-state index in [4.69, 9.17) is 13.9 Å². The third kappa shape index (κ3) is 3.60. The number of nitrogens with zero attached hydrogens (tertiary/aromatic N) is 2. The Kier molecular flexibility index (Phi) is 4.42. The monoisotopic (exact) mass is 427 g/mol. The molecule has 3 fully saturated rings. The number of hydrogen-bond donors (Lipinski definition) is 1. The topological polar surface area (TPSA) is 86.5 Å². The van der Waals surface area contributed by atoms with E-state index in [-0.39, 0.29) is 41.2 Å². The minimum absolute atomic E-state index is 0.0110. The number of benzene rings is 2. The van der Waals surface area contributed by atoms with Crippen LogP contribution in [-0.2, 0) is 10.2 Å². The van der Waals surface area contributed by atoms with Gasteiger partial charge < -0.3 is 19.2 Å². The first-order valence-corrected chi connectivity index (χ1v) is 9.82. The summed E-state index contributed by atoms with van der Waals surface area (Å²) in [6, 6.07) is 9.99. The van der Waals surface area contributed by atoms with E-state index in [2.05, 4.69) is 15.5 Å². The SMILES string of the molecule is Cc1ccc(OCC(=O)NC23CC(c4nnc(Oc5ccc(F)cc5)o4)(C2)C3)cc1F. The molecule has 3 aromatic rings. The van der Waals surface area contributed by atoms with Gasteiger partial charge in [-0.25, -0.2) is 8.78 Å². The number of aromatic nitrogens is 2. The van der Waals surface area contributed by atoms with Gasteiger partial charge in [0.1, 0.15) is 23.1 Å². The molecule has 3 aliphatic rings. The fourth-order valence-electron chi connectivity index (χ4n) is 4.36. The molecule has 0 saturated heterocycles. The zero-order valence-electron chi connectivity index (χ0n) is 16.7. The van der Waals surface area contributed by atoms with Gasteiger partial charge in [0.2, 0.25) is 5.89 Å². The number of amides is 1. The average molecular weight is 427 g/mol. The highest BCUT2D eigenvalue weighted by Gasteiger charge is 2.71. The molecule has 9 heteroatoms. The maximum Gasteiger partial charge on any atom is 0.420 e. The normalized spacial score (nSPS) is 23.5. The van der Waals surface area contributed by atoms with Gasteiger partial charge in [-0.05, 0) is 62.1 Å². The van der Waals surface area contributed by atoms with Crippen LogP contribution in [0.2, 0.25) is 0 Å². The van der Waals surface area contributed by atoms with E-state index < -0.39 is 0 Å². The molecule has 7 nitrogen and oxygen atoms in total. The van der Waals surface area contributed by atoms with Gasteiger partial charge >= 0.3 is 6.08 Å². The number of ether oxygens (including phenoxy) is 2. The number of halogens is 2. The lowest BCUT2D eigenvalue weighted by Gasteiger charge is -2.68. The molecule has 160 valence electrons. The van der Waals surface area contributed by atoms with E-state index in [1.165, 1.54) is 30.3 Å². The second-order valence-corrected chi connectivity index (χ2v) is 8.27. The van der Waals surface area contributed by atoms with Crippen molar-refractivity contribution in [2.45, 2.75) is 37.1 Å². The lowest BCUT2D eigenvalue weighted by atomic mass is 9.39. The molecule has 0 radical (unpaired) electrons. The van der Waals surface area contributed by atoms with Crippen molar-refractivity contribution in [1.82, 2.24) is 15.5 Å². The van der Waals surface area contributed by atoms with E-state index >= 15 is 0 Å². The largest absolute Gasteiger partial charge is 0.484 e. The van der Waals surface area contributed by atoms with Crippen LogP contribution in [0.15, 0.2) is 46.9 Å². The molecule has 3 aliphatic carbocycles. The van der Waals surface area contributed by atoms with E-state index in [0.717, 1.165) is 0 Å². The fraction of sp³-hybridized carbons (Fsp3) is 0.318. The molecule has 1 heterocycles. The summed E-state index contributed by atoms with van der Waals surface area (Å²) in [5.74, 6) is 0.170. The Labute approximate surface area is 176 Å². The summed E-state index contributed by atoms with van der Waals surface area (Å²) in [6.07, 6.45) is 2.04. The average Bonchev–Trinajstić information content (AvgIpc) is 3.14. The number of carbonyl (C=O) groups is 1. The number of carbonyl (C=O) groups excluding carboxylic acids is 1. The Morgan fingerprint density at radius 2 is 1.81 bits per heavy atom. The molecular formula is C22H19F2N3O4. The zero-order valence-corrected chi connectivity index (χ0v) is 16.7. The highest BCUT2D eigenvalue weighted by atomic mass is 19.1. The minimum Gasteiger partial charge on any atom is -0.484 e. The summed E-state index contributed by atoms with van der Waals surface area (Å²) < 4.78 is 43.0. The molecular weight excluding hydrogens is 408 g/mol. The lowest BCUT2D eigenvalue weighted by molar-refractivity contribution is -0.143. The summed E-state index contributed by atoms with van der Waals surface area (Å²) >= 11 is 0. The Morgan fingerprint density at radius 1 is 1.10 bits per heavy atom. The fourth-order valence-corrected chi connectivity index (χ4v) is 4.36. The third-order valence-corrected chi connectivity index (χ3v) is 5.83. The quantitative estimate of drug-likeness (QED) is 0.617. The maximum absolute atomic E-state index is 13.6. The molecule has 1 aromatic heterocycles. The molecule has 6 rings (SSSR count). The Bertz CT molecular complexity index is 1130. The first-order valence-electron chi connectivity index (χ1n) is 9.82. The van der Waals surface area contributed by atoms with Crippen LogP contribution in [0, 0.1) is 18.6 Å². The van der Waals surface area contributed by atoms with Gasteiger partial charge in [0.15, 0.2) is 6.61 Å². The molecule has 0 aliphatic heterocycles. The van der Waals surface area contributed by atoms with Gasteiger partial charge in [0, 0.05) is 11.6 Å². The second kappa shape index (κ2) is 7.04. The van der Waals surface area contributed by atoms with Crippen molar-refractivity contribution in [2.75, 3.05) is 6.61 Å². The van der Waals surface area contributed by atoms with Crippen molar-refractivity contribution in [3.63, 3.8) is 0 Å². The van der Waals surface area contributed by atoms with Crippen molar-refractivity contribution in [1.29, 1.82) is 0 Å². The molecule has 31 heavy (non-hydrogen) atoms. The number of nitrogens with one attached hydrogen (secondary N) is 1. The summed E-state index contributed by atoms with van der Waals surface area (Å²) in [6.45, 7) is 1.47. The van der Waals surface area contributed by atoms with Crippen LogP contribution in [0.1, 0.15) is 30.7 Å². The highest BCUT2D eigenvalue weighted by molar-refractivity contribution is 5.79. The van der Waals surface area contributed by atoms with Crippen molar-refractivity contribution >= 4 is 5.91 Å². The van der Waals surface area contributed by atoms with E-state index in [1.54, 1.807) is 19.1 Å². The summed E-state index contributed by atoms with van der Waals surface area (Å²) in [5.41, 5.74) is -0.0416. The van der Waals surface area contributed by atoms with Crippen LogP contribution in [-0.4, -0.2) is 28.3 Å². The predicted octanol–water partition coefficient (Wildman–Crippen LogP) is 3.82. The molecule has 3 saturated carbocycles. The first kappa shape index (κ1) is 19.5. The summed E-state index contributed by atoms with van der Waals surface area (Å²) in [7, 11) is 0. The van der Waals surface area contributed by atoms with Gasteiger partial charge in [-0.2, -0.15) is 0 Å². The van der Waals surface area contributed by atoms with Crippen LogP contribution in [0.3, 0.4) is 0 Å². The molecule has 0 atom stereocenters. The van der Waals surface area contributed by atoms with Crippen LogP contribution in [0.5, 0.6) is 17.6 Å². The molecule has 0 unspecified atom stereocenters. The maximum atomic E-state index is 13.6. The van der Waals surface area contributed by atoms with E-state index in [1.807, 2.05) is 0 Å². The van der Waals surface area contributed by atoms with Crippen molar-refractivity contribution in [3.8, 4) is 17.6 Å². The van der Waals surface area contributed by atoms with Crippen LogP contribution >= 0.6 is 0 Å². The van der Waals surface area contributed by atoms with Gasteiger partial charge in [-0.3, -0.25) is 4.79 Å². The van der Waals surface area contributed by atoms with Crippen molar-refractivity contribution in [3.05, 3.63) is 65.6 Å². The van der Waals surface area contributed by atoms with Gasteiger partial charge in [0.25, 0.3) is 5.91 Å². The number of rotatable bonds is 7. The smallest absolute Gasteiger partial charge is 0.420 e. The predicted molar refractivity (Wildman–Crippen MR) is 104 cm³/mol. The Balaban J connectivity index is 1.12. The van der Waals surface area contributed by atoms with Crippen LogP contribution in [0.25, 0.3) is 0 Å². The molecule has 2 bridgehead atoms. The third-order valence-electron chi connectivity index (χ3n) is 5.83. The van der Waals surface area contributed by atoms with Crippen LogP contribution in [0.4, 0.5) is 8.78 Å². The van der Waals surface area contributed by atoms with E-state index in [9.17, 15) is 13.6 Å². The van der Waals surface area contributed by atoms with Crippen molar-refractivity contribution < 1.29 is 27.5 Å². The lowest BCUT2D eigenvalue weighted by Crippen LogP contribution is -2.77. The molecule has 1 N–H and O–H groups in total. The minimum atomic E-state index is -0.374. The van der Waals surface area contributed by atoms with Gasteiger partial charge in [-0.15, -0.1) is 5.10 Å². The molecule has 2 aromatic carbocycles. The second-order valence-electron chi connectivity index (χ2n) is 8.27. The number of hydrogen-bond acceptors (Lipinski definition) is 6. The Hall–Kier alpha value is -3.49. The summed E-state index contributed by atoms with van der Waals surface area (Å²) in [4.78, 5) is 12.2. The Morgan fingerprint density at radius 3 is 2.52 bits per heavy atom. The number of aryl methyl sites for hydroxylation is 1. The van der Waals surface area contributed by atoms with Gasteiger partial charge in [-0.1, -0.05) is 11.2 Å². The van der Waals surface area contributed by atoms with Gasteiger partial charge in [0.05, 0.1) is 5.41 Å². The summed E-state index contributed by atoms with van der Waals surface area (Å²) in [5, 5.41) is 11.0. The van der Waals surface area contributed by atoms with E-state index in [0.29, 0.717) is 42.2 Å². The molecule has 1 amide bonds. The highest BCUT2D eigenvalue weighted by Crippen LogP contribution is 2.67. The van der Waals surface area contributed by atoms with Crippen molar-refractivity contribution in [2.24, 2.45) is 0 Å². The standard InChI is InChI=1S/C22H19F2N3O4/c1-13-2-5-16(8-17(13)24)29-9-18(28)25-22-10-21(11-22,12-22)19-26-27-20(31-19)30-15-6-3-14(23)4-7-15/h2-8H,9-12H2,1H3,(H,25,28). The zero-order chi connectivity index (χ0) is 21.6. The molecule has 0 spiro atoms. The first-order chi connectivity index (χ1) is 14.8. The van der Waals surface area contributed by atoms with Crippen LogP contribution < -0.4 is 14.8 Å².